The van der Waals surface area contributed by atoms with Crippen molar-refractivity contribution in [2.45, 2.75) is 0 Å². The number of hydrogen-bond acceptors (Lipinski definition) is 3. The quantitative estimate of drug-likeness (QED) is 0.512. The first-order valence-electron chi connectivity index (χ1n) is 6.47. The molecule has 0 amide bonds. The second-order valence-electron chi connectivity index (χ2n) is 4.62. The maximum absolute atomic E-state index is 4.65. The Bertz CT molecular complexity index is 894. The highest BCUT2D eigenvalue weighted by Crippen LogP contribution is 2.28. The van der Waals surface area contributed by atoms with Gasteiger partial charge >= 0.3 is 0 Å². The fraction of sp³-hybridized carbons (Fsp3) is 0. The normalized spacial score (nSPS) is 11.1. The molecule has 102 valence electrons. The molecule has 0 atom stereocenters. The molecule has 0 bridgehead atoms. The predicted octanol–water partition coefficient (Wildman–Crippen LogP) is 4.89. The van der Waals surface area contributed by atoms with Gasteiger partial charge in [-0.15, -0.1) is 16.4 Å². The Balaban J connectivity index is 1.85. The Morgan fingerprint density at radius 1 is 0.905 bits per heavy atom. The van der Waals surface area contributed by atoms with Crippen LogP contribution in [-0.2, 0) is 0 Å². The molecule has 0 radical (unpaired) electrons. The van der Waals surface area contributed by atoms with Gasteiger partial charge in [-0.3, -0.25) is 0 Å². The zero-order valence-electron chi connectivity index (χ0n) is 10.9. The molecule has 0 aliphatic heterocycles. The summed E-state index contributed by atoms with van der Waals surface area (Å²) < 4.78 is 2.98. The van der Waals surface area contributed by atoms with Crippen LogP contribution in [0.2, 0.25) is 0 Å². The van der Waals surface area contributed by atoms with Crippen molar-refractivity contribution < 1.29 is 0 Å². The molecule has 0 aliphatic rings. The lowest BCUT2D eigenvalue weighted by Crippen LogP contribution is -1.88. The molecule has 2 aromatic heterocycles. The molecule has 0 spiro atoms. The van der Waals surface area contributed by atoms with Gasteiger partial charge in [-0.2, -0.15) is 4.98 Å². The first kappa shape index (κ1) is 12.7. The van der Waals surface area contributed by atoms with E-state index in [1.807, 2.05) is 47.0 Å². The van der Waals surface area contributed by atoms with Gasteiger partial charge in [-0.1, -0.05) is 58.4 Å². The van der Waals surface area contributed by atoms with Crippen LogP contribution < -0.4 is 0 Å². The van der Waals surface area contributed by atoms with Crippen molar-refractivity contribution in [2.75, 3.05) is 0 Å². The minimum absolute atomic E-state index is 0.765. The molecule has 21 heavy (non-hydrogen) atoms. The summed E-state index contributed by atoms with van der Waals surface area (Å²) >= 11 is 5.07. The molecule has 2 aromatic carbocycles. The third-order valence-electron chi connectivity index (χ3n) is 3.25. The van der Waals surface area contributed by atoms with Gasteiger partial charge < -0.3 is 0 Å². The maximum atomic E-state index is 4.65. The standard InChI is InChI=1S/C16H10BrN3S/c17-13-8-6-11(7-9-13)14-10-21-16-18-15(19-20(14)16)12-4-2-1-3-5-12/h1-10H. The Kier molecular flexibility index (Phi) is 3.09. The van der Waals surface area contributed by atoms with Crippen molar-refractivity contribution in [3.8, 4) is 22.6 Å². The summed E-state index contributed by atoms with van der Waals surface area (Å²) in [6, 6.07) is 18.3. The van der Waals surface area contributed by atoms with Crippen LogP contribution in [0, 0.1) is 0 Å². The number of aromatic nitrogens is 3. The summed E-state index contributed by atoms with van der Waals surface area (Å²) in [6.45, 7) is 0. The fourth-order valence-electron chi connectivity index (χ4n) is 2.21. The topological polar surface area (TPSA) is 30.2 Å². The molecule has 0 aliphatic carbocycles. The fourth-order valence-corrected chi connectivity index (χ4v) is 3.31. The lowest BCUT2D eigenvalue weighted by atomic mass is 10.2. The van der Waals surface area contributed by atoms with Crippen molar-refractivity contribution in [1.29, 1.82) is 0 Å². The van der Waals surface area contributed by atoms with Crippen LogP contribution >= 0.6 is 27.3 Å². The van der Waals surface area contributed by atoms with Gasteiger partial charge in [0.2, 0.25) is 4.96 Å². The number of nitrogens with zero attached hydrogens (tertiary/aromatic N) is 3. The third kappa shape index (κ3) is 2.28. The molecular weight excluding hydrogens is 346 g/mol. The SMILES string of the molecule is Brc1ccc(-c2csc3nc(-c4ccccc4)nn23)cc1. The van der Waals surface area contributed by atoms with Crippen LogP contribution in [-0.4, -0.2) is 14.6 Å². The van der Waals surface area contributed by atoms with Gasteiger partial charge in [-0.25, -0.2) is 4.52 Å². The zero-order chi connectivity index (χ0) is 14.2. The van der Waals surface area contributed by atoms with Crippen molar-refractivity contribution in [3.63, 3.8) is 0 Å². The van der Waals surface area contributed by atoms with Crippen LogP contribution in [0.5, 0.6) is 0 Å². The molecule has 0 N–H and O–H groups in total. The van der Waals surface area contributed by atoms with E-state index in [0.29, 0.717) is 0 Å². The monoisotopic (exact) mass is 355 g/mol. The number of thiazole rings is 1. The van der Waals surface area contributed by atoms with E-state index in [0.717, 1.165) is 32.1 Å². The van der Waals surface area contributed by atoms with Crippen LogP contribution in [0.3, 0.4) is 0 Å². The molecule has 5 heteroatoms. The molecular formula is C16H10BrN3S. The number of rotatable bonds is 2. The van der Waals surface area contributed by atoms with Gasteiger partial charge in [0.1, 0.15) is 0 Å². The highest BCUT2D eigenvalue weighted by Gasteiger charge is 2.12. The lowest BCUT2D eigenvalue weighted by Gasteiger charge is -1.99. The van der Waals surface area contributed by atoms with Gasteiger partial charge in [0.15, 0.2) is 5.82 Å². The third-order valence-corrected chi connectivity index (χ3v) is 4.60. The number of fused-ring (bicyclic) bond motifs is 1. The van der Waals surface area contributed by atoms with E-state index in [9.17, 15) is 0 Å². The molecule has 4 aromatic rings. The van der Waals surface area contributed by atoms with E-state index in [2.05, 4.69) is 43.5 Å². The number of benzene rings is 2. The molecule has 3 nitrogen and oxygen atoms in total. The molecule has 0 saturated heterocycles. The maximum Gasteiger partial charge on any atom is 0.213 e. The lowest BCUT2D eigenvalue weighted by molar-refractivity contribution is 0.990. The summed E-state index contributed by atoms with van der Waals surface area (Å²) in [6.07, 6.45) is 0. The molecule has 2 heterocycles. The highest BCUT2D eigenvalue weighted by molar-refractivity contribution is 9.10. The molecule has 0 fully saturated rings. The Labute approximate surface area is 134 Å². The first-order chi connectivity index (χ1) is 10.3. The average Bonchev–Trinajstić information content (AvgIpc) is 3.09. The zero-order valence-corrected chi connectivity index (χ0v) is 13.3. The van der Waals surface area contributed by atoms with Crippen molar-refractivity contribution in [3.05, 3.63) is 64.5 Å². The Morgan fingerprint density at radius 3 is 2.43 bits per heavy atom. The summed E-state index contributed by atoms with van der Waals surface area (Å²) in [5.41, 5.74) is 3.24. The van der Waals surface area contributed by atoms with E-state index in [4.69, 9.17) is 0 Å². The summed E-state index contributed by atoms with van der Waals surface area (Å²) in [7, 11) is 0. The van der Waals surface area contributed by atoms with Gasteiger partial charge in [0, 0.05) is 21.0 Å². The largest absolute Gasteiger partial charge is 0.213 e. The minimum atomic E-state index is 0.765. The minimum Gasteiger partial charge on any atom is -0.203 e. The summed E-state index contributed by atoms with van der Waals surface area (Å²) in [4.78, 5) is 5.52. The van der Waals surface area contributed by atoms with E-state index in [1.165, 1.54) is 0 Å². The van der Waals surface area contributed by atoms with Crippen molar-refractivity contribution >= 4 is 32.2 Å². The van der Waals surface area contributed by atoms with Crippen LogP contribution in [0.4, 0.5) is 0 Å². The van der Waals surface area contributed by atoms with E-state index in [1.54, 1.807) is 11.3 Å². The van der Waals surface area contributed by atoms with Crippen molar-refractivity contribution in [2.24, 2.45) is 0 Å². The molecule has 4 rings (SSSR count). The summed E-state index contributed by atoms with van der Waals surface area (Å²) in [5, 5.41) is 6.74. The Hall–Kier alpha value is -1.98. The predicted molar refractivity (Wildman–Crippen MR) is 89.4 cm³/mol. The number of halogens is 1. The van der Waals surface area contributed by atoms with Gasteiger partial charge in [0.25, 0.3) is 0 Å². The van der Waals surface area contributed by atoms with E-state index < -0.39 is 0 Å². The highest BCUT2D eigenvalue weighted by atomic mass is 79.9. The van der Waals surface area contributed by atoms with Crippen molar-refractivity contribution in [1.82, 2.24) is 14.6 Å². The van der Waals surface area contributed by atoms with E-state index >= 15 is 0 Å². The van der Waals surface area contributed by atoms with Gasteiger partial charge in [0.05, 0.1) is 5.69 Å². The van der Waals surface area contributed by atoms with Crippen LogP contribution in [0.25, 0.3) is 27.6 Å². The number of hydrogen-bond donors (Lipinski definition) is 0. The Morgan fingerprint density at radius 2 is 1.67 bits per heavy atom. The second-order valence-corrected chi connectivity index (χ2v) is 6.38. The summed E-state index contributed by atoms with van der Waals surface area (Å²) in [5.74, 6) is 0.765. The average molecular weight is 356 g/mol. The molecule has 0 saturated carbocycles. The first-order valence-corrected chi connectivity index (χ1v) is 8.14. The van der Waals surface area contributed by atoms with E-state index in [-0.39, 0.29) is 0 Å². The van der Waals surface area contributed by atoms with Gasteiger partial charge in [-0.05, 0) is 12.1 Å². The molecule has 0 unspecified atom stereocenters. The second kappa shape index (κ2) is 5.09. The van der Waals surface area contributed by atoms with Crippen LogP contribution in [0.1, 0.15) is 0 Å². The smallest absolute Gasteiger partial charge is 0.203 e. The van der Waals surface area contributed by atoms with Crippen LogP contribution in [0.15, 0.2) is 64.5 Å².